The Morgan fingerprint density at radius 1 is 0.448 bits per heavy atom. The Morgan fingerprint density at radius 2 is 0.845 bits per heavy atom. The van der Waals surface area contributed by atoms with Crippen LogP contribution in [-0.4, -0.2) is 353 Å². The first-order valence-electron chi connectivity index (χ1n) is 33.7. The Morgan fingerprint density at radius 3 is 1.28 bits per heavy atom. The number of ether oxygens (including phenoxy) is 16. The van der Waals surface area contributed by atoms with E-state index < -0.39 is 222 Å². The third-order valence-electron chi connectivity index (χ3n) is 18.1. The van der Waals surface area contributed by atoms with Gasteiger partial charge in [-0.1, -0.05) is 33.0 Å². The van der Waals surface area contributed by atoms with Crippen LogP contribution in [0.2, 0.25) is 0 Å². The molecule has 116 heavy (non-hydrogen) atoms. The molecule has 28 atom stereocenters. The maximum Gasteiger partial charge on any atom is 0.397 e. The predicted octanol–water partition coefficient (Wildman–Crippen LogP) is -2.12. The monoisotopic (exact) mass is 1850 g/mol. The highest BCUT2D eigenvalue weighted by molar-refractivity contribution is 8.00. The second kappa shape index (κ2) is 49.7. The van der Waals surface area contributed by atoms with Crippen molar-refractivity contribution in [2.24, 2.45) is 0 Å². The van der Waals surface area contributed by atoms with E-state index in [0.29, 0.717) is 19.3 Å². The van der Waals surface area contributed by atoms with Crippen molar-refractivity contribution in [1.29, 1.82) is 0 Å². The SMILES string of the molecule is COC1C(OC)[C@H](O[C@H]2O[C@@H](COS(=O)(=O)O)[C@@H](O[C@@H]3OC(C(=O)O)[C@@H](O[C@H]4OC(COS(=O)(=O)O)[C@@H](OC)[C@H](OC)C4NC(=O)CCCCCNC(=O)CCCCC4SCC5NC(=O)NC54)[C@H](OC)C3OC)C(OSOOO)C2OSOOO)[C@H](C(=O)O)O[C@H]1O[C@@H]1C(COS(=O)(=O)O)O[C@H](OC)C(OSOOO)[C@H]1OSOOO. The highest BCUT2D eigenvalue weighted by Gasteiger charge is 2.62. The first kappa shape index (κ1) is 100. The molecule has 0 aromatic rings. The van der Waals surface area contributed by atoms with E-state index in [4.69, 9.17) is 107 Å². The molecule has 7 aliphatic rings. The number of unbranched alkanes of at least 4 members (excludes halogenated alkanes) is 3. The molecular weight excluding hydrogens is 1770 g/mol. The lowest BCUT2D eigenvalue weighted by atomic mass is 9.94. The van der Waals surface area contributed by atoms with Gasteiger partial charge in [0.1, 0.15) is 97.6 Å². The van der Waals surface area contributed by atoms with Crippen molar-refractivity contribution in [2.45, 2.75) is 222 Å². The van der Waals surface area contributed by atoms with Crippen LogP contribution in [0.15, 0.2) is 0 Å². The van der Waals surface area contributed by atoms with Crippen LogP contribution in [0.5, 0.6) is 0 Å². The third-order valence-corrected chi connectivity index (χ3v) is 22.6. The van der Waals surface area contributed by atoms with E-state index in [9.17, 15) is 83.6 Å². The summed E-state index contributed by atoms with van der Waals surface area (Å²) >= 11 is 0.885. The van der Waals surface area contributed by atoms with Crippen molar-refractivity contribution in [2.75, 3.05) is 81.9 Å². The number of carboxylic acid groups (broad SMARTS) is 2. The Bertz CT molecular complexity index is 3350. The van der Waals surface area contributed by atoms with Gasteiger partial charge in [0.05, 0.1) is 31.9 Å². The van der Waals surface area contributed by atoms with Crippen molar-refractivity contribution in [3.8, 4) is 0 Å². The predicted molar refractivity (Wildman–Crippen MR) is 369 cm³/mol. The van der Waals surface area contributed by atoms with Gasteiger partial charge in [-0.3, -0.25) is 40.0 Å². The number of fused-ring (bicyclic) bond motifs is 1. The first-order valence-corrected chi connectivity index (χ1v) is 41.5. The van der Waals surface area contributed by atoms with Gasteiger partial charge in [-0.15, -0.1) is 17.3 Å². The zero-order valence-electron chi connectivity index (χ0n) is 61.3. The van der Waals surface area contributed by atoms with Gasteiger partial charge in [0.2, 0.25) is 11.8 Å². The molecule has 0 aromatic heterocycles. The first-order chi connectivity index (χ1) is 55.3. The summed E-state index contributed by atoms with van der Waals surface area (Å²) in [6.07, 6.45) is -44.8. The van der Waals surface area contributed by atoms with Gasteiger partial charge in [0.15, 0.2) is 105 Å². The van der Waals surface area contributed by atoms with Crippen LogP contribution in [-0.2, 0) is 193 Å². The Balaban J connectivity index is 1.16. The maximum atomic E-state index is 14.0. The van der Waals surface area contributed by atoms with Gasteiger partial charge in [0.25, 0.3) is 0 Å². The Hall–Kier alpha value is -2.77. The van der Waals surface area contributed by atoms with Gasteiger partial charge >= 0.3 is 49.2 Å². The number of hydrogen-bond acceptors (Lipinski definition) is 51. The van der Waals surface area contributed by atoms with Crippen molar-refractivity contribution < 1.29 is 237 Å². The highest BCUT2D eigenvalue weighted by atomic mass is 32.3. The lowest BCUT2D eigenvalue weighted by Gasteiger charge is -2.51. The topological polar surface area (TPSA) is 704 Å². The van der Waals surface area contributed by atoms with Crippen LogP contribution >= 0.6 is 61.1 Å². The molecule has 674 valence electrons. The second-order valence-corrected chi connectivity index (χ2v) is 31.2. The molecule has 13 N–H and O–H groups in total. The molecule has 7 rings (SSSR count). The minimum atomic E-state index is -5.60. The Labute approximate surface area is 680 Å². The summed E-state index contributed by atoms with van der Waals surface area (Å²) in [4.78, 5) is 65.9. The van der Waals surface area contributed by atoms with Crippen LogP contribution in [0.4, 0.5) is 4.79 Å². The molecule has 0 bridgehead atoms. The number of amides is 4. The molecule has 7 heterocycles. The third kappa shape index (κ3) is 29.4. The molecule has 0 aliphatic carbocycles. The fourth-order valence-electron chi connectivity index (χ4n) is 13.3. The molecule has 55 nitrogen and oxygen atoms in total. The van der Waals surface area contributed by atoms with Gasteiger partial charge in [-0.2, -0.15) is 37.0 Å². The van der Waals surface area contributed by atoms with E-state index in [1.807, 2.05) is 0 Å². The van der Waals surface area contributed by atoms with Crippen molar-refractivity contribution in [3.05, 3.63) is 0 Å². The number of rotatable bonds is 54. The number of carbonyl (C=O) groups is 5. The van der Waals surface area contributed by atoms with Crippen molar-refractivity contribution >= 4 is 122 Å². The summed E-state index contributed by atoms with van der Waals surface area (Å²) in [5.74, 6) is -3.95. The molecule has 0 aromatic carbocycles. The number of carbonyl (C=O) groups excluding carboxylic acids is 3. The summed E-state index contributed by atoms with van der Waals surface area (Å²) in [7, 11) is -8.95. The van der Waals surface area contributed by atoms with Crippen LogP contribution in [0.25, 0.3) is 0 Å². The minimum Gasteiger partial charge on any atom is -0.479 e. The molecule has 7 fully saturated rings. The second-order valence-electron chi connectivity index (χ2n) is 24.8. The van der Waals surface area contributed by atoms with E-state index in [0.717, 1.165) is 68.4 Å². The summed E-state index contributed by atoms with van der Waals surface area (Å²) < 4.78 is 252. The van der Waals surface area contributed by atoms with Crippen molar-refractivity contribution in [1.82, 2.24) is 21.3 Å². The molecule has 4 amide bonds. The molecule has 7 saturated heterocycles. The van der Waals surface area contributed by atoms with E-state index >= 15 is 0 Å². The zero-order chi connectivity index (χ0) is 85.0. The number of hydrogen-bond donors (Lipinski definition) is 13. The van der Waals surface area contributed by atoms with Crippen LogP contribution < -0.4 is 21.3 Å². The largest absolute Gasteiger partial charge is 0.479 e. The fraction of sp³-hybridized carbons (Fsp3) is 0.906. The summed E-state index contributed by atoms with van der Waals surface area (Å²) in [5, 5.41) is 84.6. The zero-order valence-corrected chi connectivity index (χ0v) is 67.8. The summed E-state index contributed by atoms with van der Waals surface area (Å²) in [6.45, 7) is -3.43. The molecule has 0 saturated carbocycles. The number of thioether (sulfide) groups is 1. The summed E-state index contributed by atoms with van der Waals surface area (Å²) in [6, 6.07) is -1.63. The van der Waals surface area contributed by atoms with E-state index in [2.05, 4.69) is 67.1 Å². The lowest BCUT2D eigenvalue weighted by molar-refractivity contribution is -0.437. The number of aliphatic carboxylic acids is 2. The standard InChI is InChI=1S/C53H88N4O51S8/c1-78-30-22(17-85-114(69,70)71)88-48(29(33(30)79-2)56-27(59)15-9-8-12-16-54-26(58)14-11-10-13-25-28-21(20-109-25)55-53(64)57-28)93-36-34(80-3)42(82-5)50(95-40(36)46(60)61)92-32-24(19-87-116(75,76)77)90-52(45(100-113-108-104-68)39(32)98-111-106-102-66)94-37-35(81-4)43(83-6)51(96-41(37)47(62)63)91-31-23(18-86-115(72,73)74)89-49(84-7)44(99-112-107-103-67)38(31)97-110-105-101-65/h21-25,28-45,48-52,65-68H,8-20H2,1-7H3,(H,54,58)(H,56,59)(H,60,61)(H,62,63)(H2,55,57,64)(H,69,70,71)(H,72,73,74)(H,75,76,77)/t21?,22?,23?,24-,25?,28?,29?,30+,31+,32+,33+,34-,35?,36-,37-,38-,39?,40?,41+,42?,43?,44?,45?,48+,49-,50+,51+,52+/m0/s1. The van der Waals surface area contributed by atoms with E-state index in [-0.39, 0.29) is 104 Å². The number of urea groups is 1. The smallest absolute Gasteiger partial charge is 0.397 e. The Kier molecular flexibility index (Phi) is 42.9. The summed E-state index contributed by atoms with van der Waals surface area (Å²) in [5.41, 5.74) is 0. The molecule has 63 heteroatoms. The number of nitrogens with one attached hydrogen (secondary N) is 4. The van der Waals surface area contributed by atoms with E-state index in [1.54, 1.807) is 11.8 Å². The van der Waals surface area contributed by atoms with Crippen LogP contribution in [0.1, 0.15) is 51.4 Å². The van der Waals surface area contributed by atoms with Crippen molar-refractivity contribution in [3.63, 3.8) is 0 Å². The van der Waals surface area contributed by atoms with Gasteiger partial charge in [0, 0.05) is 80.2 Å². The fourth-order valence-corrected chi connectivity index (χ4v) is 17.2. The molecule has 7 aliphatic heterocycles. The quantitative estimate of drug-likeness (QED) is 0.00773. The number of carboxylic acids is 2. The average molecular weight is 1850 g/mol. The minimum absolute atomic E-state index is 0.0394. The maximum absolute atomic E-state index is 14.0. The van der Waals surface area contributed by atoms with Gasteiger partial charge in [-0.05, 0) is 25.7 Å². The normalized spacial score (nSPS) is 35.0. The molecule has 0 spiro atoms. The average Bonchev–Trinajstić information content (AvgIpc) is 1.01. The van der Waals surface area contributed by atoms with Gasteiger partial charge in [-0.25, -0.2) is 48.0 Å². The molecular formula is C53H88N4O51S8. The van der Waals surface area contributed by atoms with Crippen LogP contribution in [0.3, 0.4) is 0 Å². The lowest BCUT2D eigenvalue weighted by Crippen LogP contribution is -2.70. The van der Waals surface area contributed by atoms with E-state index in [1.165, 1.54) is 0 Å². The highest BCUT2D eigenvalue weighted by Crippen LogP contribution is 2.43. The number of methoxy groups -OCH3 is 7. The molecule has 13 unspecified atom stereocenters. The van der Waals surface area contributed by atoms with Gasteiger partial charge < -0.3 is 107 Å². The molecule has 0 radical (unpaired) electrons. The van der Waals surface area contributed by atoms with Crippen LogP contribution in [0, 0.1) is 0 Å².